The molecule has 0 spiro atoms. The highest BCUT2D eigenvalue weighted by molar-refractivity contribution is 5.90. The lowest BCUT2D eigenvalue weighted by molar-refractivity contribution is -0.135. The lowest BCUT2D eigenvalue weighted by atomic mass is 9.91. The van der Waals surface area contributed by atoms with Crippen LogP contribution in [0.15, 0.2) is 54.6 Å². The van der Waals surface area contributed by atoms with Crippen molar-refractivity contribution in [2.75, 3.05) is 6.61 Å². The Morgan fingerprint density at radius 3 is 2.63 bits per heavy atom. The van der Waals surface area contributed by atoms with Gasteiger partial charge in [0.25, 0.3) is 0 Å². The van der Waals surface area contributed by atoms with Crippen LogP contribution in [0, 0.1) is 5.92 Å². The molecule has 3 heteroatoms. The van der Waals surface area contributed by atoms with Crippen LogP contribution in [0.2, 0.25) is 0 Å². The third-order valence-electron chi connectivity index (χ3n) is 3.60. The number of benzene rings is 2. The van der Waals surface area contributed by atoms with Crippen LogP contribution in [0.1, 0.15) is 11.7 Å². The van der Waals surface area contributed by atoms with Crippen molar-refractivity contribution < 1.29 is 14.6 Å². The van der Waals surface area contributed by atoms with Crippen molar-refractivity contribution >= 4 is 16.7 Å². The van der Waals surface area contributed by atoms with Gasteiger partial charge in [-0.05, 0) is 22.4 Å². The summed E-state index contributed by atoms with van der Waals surface area (Å²) in [5, 5.41) is 12.6. The molecule has 0 radical (unpaired) electrons. The predicted molar refractivity (Wildman–Crippen MR) is 72.5 cm³/mol. The van der Waals surface area contributed by atoms with Crippen molar-refractivity contribution in [3.05, 3.63) is 60.2 Å². The number of fused-ring (bicyclic) bond motifs is 1. The first kappa shape index (κ1) is 11.9. The Morgan fingerprint density at radius 1 is 1.21 bits per heavy atom. The minimum Gasteiger partial charge on any atom is -0.462 e. The molecule has 0 aliphatic carbocycles. The summed E-state index contributed by atoms with van der Waals surface area (Å²) < 4.78 is 4.91. The molecule has 2 atom stereocenters. The van der Waals surface area contributed by atoms with E-state index in [0.29, 0.717) is 5.57 Å². The molecule has 3 nitrogen and oxygen atoms in total. The van der Waals surface area contributed by atoms with Crippen molar-refractivity contribution in [3.63, 3.8) is 0 Å². The second-order valence-corrected chi connectivity index (χ2v) is 4.78. The molecule has 0 bridgehead atoms. The smallest absolute Gasteiger partial charge is 0.333 e. The molecule has 1 heterocycles. The molecular formula is C16H14O3. The monoisotopic (exact) mass is 254 g/mol. The van der Waals surface area contributed by atoms with Crippen molar-refractivity contribution in [2.45, 2.75) is 6.10 Å². The molecule has 2 aromatic rings. The second-order valence-electron chi connectivity index (χ2n) is 4.78. The number of carbonyl (C=O) groups is 1. The molecule has 2 aromatic carbocycles. The number of carbonyl (C=O) groups excluding carboxylic acids is 1. The van der Waals surface area contributed by atoms with Crippen LogP contribution in [0.5, 0.6) is 0 Å². The quantitative estimate of drug-likeness (QED) is 0.662. The summed E-state index contributed by atoms with van der Waals surface area (Å²) >= 11 is 0. The van der Waals surface area contributed by atoms with E-state index in [2.05, 4.69) is 6.58 Å². The maximum atomic E-state index is 11.3. The van der Waals surface area contributed by atoms with Crippen LogP contribution < -0.4 is 0 Å². The van der Waals surface area contributed by atoms with E-state index in [9.17, 15) is 9.90 Å². The Hall–Kier alpha value is -2.13. The minimum absolute atomic E-state index is 0.200. The van der Waals surface area contributed by atoms with E-state index in [4.69, 9.17) is 4.74 Å². The van der Waals surface area contributed by atoms with Crippen molar-refractivity contribution in [3.8, 4) is 0 Å². The van der Waals surface area contributed by atoms with Crippen LogP contribution in [0.3, 0.4) is 0 Å². The number of esters is 1. The number of aliphatic hydroxyl groups excluding tert-OH is 1. The van der Waals surface area contributed by atoms with Crippen molar-refractivity contribution in [2.24, 2.45) is 5.92 Å². The fraction of sp³-hybridized carbons (Fsp3) is 0.188. The summed E-state index contributed by atoms with van der Waals surface area (Å²) in [6.07, 6.45) is -0.761. The molecular weight excluding hydrogens is 240 g/mol. The lowest BCUT2D eigenvalue weighted by Crippen LogP contribution is -2.14. The topological polar surface area (TPSA) is 46.5 Å². The van der Waals surface area contributed by atoms with Gasteiger partial charge in [0.05, 0.1) is 12.0 Å². The van der Waals surface area contributed by atoms with E-state index in [1.165, 1.54) is 0 Å². The standard InChI is InChI=1S/C16H14O3/c1-10-14(9-19-16(10)18)15(17)13-7-6-11-4-2-3-5-12(11)8-13/h2-8,14-15,17H,1,9H2/t14-,15+/m1/s1. The molecule has 1 aliphatic rings. The van der Waals surface area contributed by atoms with Crippen LogP contribution in [0.25, 0.3) is 10.8 Å². The SMILES string of the molecule is C=C1C(=O)OC[C@H]1[C@@H](O)c1ccc2ccccc2c1. The van der Waals surface area contributed by atoms with Crippen LogP contribution >= 0.6 is 0 Å². The summed E-state index contributed by atoms with van der Waals surface area (Å²) in [6.45, 7) is 3.89. The first-order valence-corrected chi connectivity index (χ1v) is 6.19. The number of hydrogen-bond acceptors (Lipinski definition) is 3. The highest BCUT2D eigenvalue weighted by Crippen LogP contribution is 2.33. The van der Waals surface area contributed by atoms with Gasteiger partial charge < -0.3 is 9.84 Å². The van der Waals surface area contributed by atoms with E-state index in [1.54, 1.807) is 0 Å². The van der Waals surface area contributed by atoms with Crippen LogP contribution in [-0.4, -0.2) is 17.7 Å². The summed E-state index contributed by atoms with van der Waals surface area (Å²) in [5.74, 6) is -0.765. The molecule has 0 amide bonds. The van der Waals surface area contributed by atoms with Gasteiger partial charge in [-0.1, -0.05) is 43.0 Å². The third kappa shape index (κ3) is 2.02. The maximum absolute atomic E-state index is 11.3. The number of ether oxygens (including phenoxy) is 1. The van der Waals surface area contributed by atoms with E-state index < -0.39 is 12.1 Å². The van der Waals surface area contributed by atoms with E-state index >= 15 is 0 Å². The fourth-order valence-corrected chi connectivity index (χ4v) is 2.42. The van der Waals surface area contributed by atoms with Gasteiger partial charge in [-0.2, -0.15) is 0 Å². The van der Waals surface area contributed by atoms with Gasteiger partial charge in [-0.15, -0.1) is 0 Å². The van der Waals surface area contributed by atoms with Crippen LogP contribution in [0.4, 0.5) is 0 Å². The number of hydrogen-bond donors (Lipinski definition) is 1. The summed E-state index contributed by atoms with van der Waals surface area (Å²) in [5.41, 5.74) is 1.13. The Labute approximate surface area is 111 Å². The van der Waals surface area contributed by atoms with Gasteiger partial charge in [0.1, 0.15) is 6.61 Å². The number of rotatable bonds is 2. The zero-order valence-corrected chi connectivity index (χ0v) is 10.4. The Balaban J connectivity index is 1.95. The highest BCUT2D eigenvalue weighted by Gasteiger charge is 2.34. The van der Waals surface area contributed by atoms with Crippen molar-refractivity contribution in [1.82, 2.24) is 0 Å². The molecule has 1 N–H and O–H groups in total. The van der Waals surface area contributed by atoms with Gasteiger partial charge in [-0.3, -0.25) is 0 Å². The first-order valence-electron chi connectivity index (χ1n) is 6.19. The summed E-state index contributed by atoms with van der Waals surface area (Å²) in [7, 11) is 0. The molecule has 0 unspecified atom stereocenters. The average molecular weight is 254 g/mol. The van der Waals surface area contributed by atoms with E-state index in [0.717, 1.165) is 16.3 Å². The first-order chi connectivity index (χ1) is 9.16. The number of aliphatic hydroxyl groups is 1. The van der Waals surface area contributed by atoms with Crippen molar-refractivity contribution in [1.29, 1.82) is 0 Å². The zero-order valence-electron chi connectivity index (χ0n) is 10.4. The minimum atomic E-state index is -0.761. The van der Waals surface area contributed by atoms with E-state index in [-0.39, 0.29) is 12.5 Å². The summed E-state index contributed by atoms with van der Waals surface area (Å²) in [4.78, 5) is 11.3. The average Bonchev–Trinajstić information content (AvgIpc) is 2.78. The van der Waals surface area contributed by atoms with Gasteiger partial charge >= 0.3 is 5.97 Å². The molecule has 19 heavy (non-hydrogen) atoms. The van der Waals surface area contributed by atoms with E-state index in [1.807, 2.05) is 42.5 Å². The molecule has 96 valence electrons. The Kier molecular flexibility index (Phi) is 2.84. The Morgan fingerprint density at radius 2 is 1.95 bits per heavy atom. The largest absolute Gasteiger partial charge is 0.462 e. The number of cyclic esters (lactones) is 1. The molecule has 0 saturated carbocycles. The molecule has 1 aliphatic heterocycles. The molecule has 1 fully saturated rings. The zero-order chi connectivity index (χ0) is 13.4. The van der Waals surface area contributed by atoms with Gasteiger partial charge in [0.15, 0.2) is 0 Å². The Bertz CT molecular complexity index is 660. The normalized spacial score (nSPS) is 20.6. The van der Waals surface area contributed by atoms with Gasteiger partial charge in [0.2, 0.25) is 0 Å². The molecule has 1 saturated heterocycles. The predicted octanol–water partition coefficient (Wildman–Crippen LogP) is 2.60. The molecule has 0 aromatic heterocycles. The van der Waals surface area contributed by atoms with Gasteiger partial charge in [0, 0.05) is 5.57 Å². The highest BCUT2D eigenvalue weighted by atomic mass is 16.5. The summed E-state index contributed by atoms with van der Waals surface area (Å²) in [6, 6.07) is 13.7. The van der Waals surface area contributed by atoms with Crippen LogP contribution in [-0.2, 0) is 9.53 Å². The second kappa shape index (κ2) is 4.52. The maximum Gasteiger partial charge on any atom is 0.333 e. The fourth-order valence-electron chi connectivity index (χ4n) is 2.42. The third-order valence-corrected chi connectivity index (χ3v) is 3.60. The lowest BCUT2D eigenvalue weighted by Gasteiger charge is -2.17. The molecule has 3 rings (SSSR count). The van der Waals surface area contributed by atoms with Gasteiger partial charge in [-0.25, -0.2) is 4.79 Å².